The predicted molar refractivity (Wildman–Crippen MR) is 263 cm³/mol. The molecule has 0 saturated heterocycles. The second-order valence-corrected chi connectivity index (χ2v) is 18.8. The van der Waals surface area contributed by atoms with Gasteiger partial charge in [0.15, 0.2) is 0 Å². The Morgan fingerprint density at radius 3 is 1.16 bits per heavy atom. The standard InChI is InChI=1S/C60H48O/c1-59(2,3)39-34-38(35-40(36-39)60(4,5)6)54-43-24-12-14-26-45(43)55(46-27-15-13-25-44(46)54)49-30-19-33-52-57(49)51-32-18-31-50(58(51)61-52)56-47-28-16-10-22-41(47)53(37-20-8-7-9-21-37)42-23-11-17-29-48(42)56/h7-36H,1-6H3. The molecule has 11 aromatic rings. The monoisotopic (exact) mass is 784 g/mol. The Hall–Kier alpha value is -6.96. The van der Waals surface area contributed by atoms with Crippen molar-refractivity contribution in [3.05, 3.63) is 193 Å². The molecule has 0 unspecified atom stereocenters. The summed E-state index contributed by atoms with van der Waals surface area (Å²) in [6.45, 7) is 13.9. The molecule has 1 heteroatoms. The van der Waals surface area contributed by atoms with Crippen LogP contribution in [0.25, 0.3) is 110 Å². The summed E-state index contributed by atoms with van der Waals surface area (Å²) < 4.78 is 7.12. The summed E-state index contributed by atoms with van der Waals surface area (Å²) in [5.41, 5.74) is 14.3. The van der Waals surface area contributed by atoms with Crippen molar-refractivity contribution in [2.75, 3.05) is 0 Å². The van der Waals surface area contributed by atoms with Gasteiger partial charge in [0.1, 0.15) is 11.2 Å². The second kappa shape index (κ2) is 13.8. The van der Waals surface area contributed by atoms with Crippen molar-refractivity contribution in [1.82, 2.24) is 0 Å². The molecule has 0 aliphatic rings. The van der Waals surface area contributed by atoms with Crippen molar-refractivity contribution in [2.24, 2.45) is 0 Å². The molecule has 1 aromatic heterocycles. The number of hydrogen-bond donors (Lipinski definition) is 0. The first-order valence-electron chi connectivity index (χ1n) is 21.6. The van der Waals surface area contributed by atoms with Gasteiger partial charge in [-0.1, -0.05) is 217 Å². The fourth-order valence-electron chi connectivity index (χ4n) is 9.95. The van der Waals surface area contributed by atoms with E-state index in [1.165, 1.54) is 93.2 Å². The Balaban J connectivity index is 1.21. The van der Waals surface area contributed by atoms with Crippen molar-refractivity contribution in [3.8, 4) is 44.5 Å². The largest absolute Gasteiger partial charge is 0.455 e. The lowest BCUT2D eigenvalue weighted by Gasteiger charge is -2.27. The normalized spacial score (nSPS) is 12.4. The molecule has 0 spiro atoms. The van der Waals surface area contributed by atoms with Crippen molar-refractivity contribution < 1.29 is 4.42 Å². The van der Waals surface area contributed by atoms with Crippen LogP contribution in [-0.2, 0) is 10.8 Å². The highest BCUT2D eigenvalue weighted by molar-refractivity contribution is 6.28. The maximum atomic E-state index is 7.12. The van der Waals surface area contributed by atoms with Gasteiger partial charge in [-0.05, 0) is 104 Å². The quantitative estimate of drug-likeness (QED) is 0.162. The van der Waals surface area contributed by atoms with Crippen molar-refractivity contribution in [2.45, 2.75) is 52.4 Å². The molecule has 10 aromatic carbocycles. The Morgan fingerprint density at radius 2 is 0.689 bits per heavy atom. The molecule has 0 radical (unpaired) electrons. The van der Waals surface area contributed by atoms with E-state index in [2.05, 4.69) is 224 Å². The van der Waals surface area contributed by atoms with Crippen LogP contribution in [0.3, 0.4) is 0 Å². The van der Waals surface area contributed by atoms with Crippen LogP contribution in [0.4, 0.5) is 0 Å². The topological polar surface area (TPSA) is 13.1 Å². The molecule has 0 aliphatic heterocycles. The van der Waals surface area contributed by atoms with Crippen LogP contribution >= 0.6 is 0 Å². The first kappa shape index (κ1) is 37.1. The third-order valence-corrected chi connectivity index (χ3v) is 12.9. The molecule has 1 nitrogen and oxygen atoms in total. The van der Waals surface area contributed by atoms with Crippen LogP contribution in [-0.4, -0.2) is 0 Å². The minimum Gasteiger partial charge on any atom is -0.455 e. The number of furan rings is 1. The van der Waals surface area contributed by atoms with Crippen LogP contribution in [0.2, 0.25) is 0 Å². The summed E-state index contributed by atoms with van der Waals surface area (Å²) in [4.78, 5) is 0. The van der Waals surface area contributed by atoms with E-state index in [0.717, 1.165) is 27.5 Å². The van der Waals surface area contributed by atoms with E-state index >= 15 is 0 Å². The van der Waals surface area contributed by atoms with Crippen LogP contribution in [0.1, 0.15) is 52.7 Å². The van der Waals surface area contributed by atoms with Crippen molar-refractivity contribution >= 4 is 65.0 Å². The molecule has 0 saturated carbocycles. The van der Waals surface area contributed by atoms with E-state index < -0.39 is 0 Å². The number of rotatable bonds is 4. The lowest BCUT2D eigenvalue weighted by atomic mass is 9.77. The van der Waals surface area contributed by atoms with E-state index in [1.54, 1.807) is 0 Å². The van der Waals surface area contributed by atoms with E-state index in [1.807, 2.05) is 0 Å². The number of para-hydroxylation sites is 1. The average Bonchev–Trinajstić information content (AvgIpc) is 3.66. The van der Waals surface area contributed by atoms with Gasteiger partial charge in [-0.15, -0.1) is 0 Å². The van der Waals surface area contributed by atoms with E-state index in [4.69, 9.17) is 4.42 Å². The van der Waals surface area contributed by atoms with Crippen LogP contribution < -0.4 is 0 Å². The van der Waals surface area contributed by atoms with Gasteiger partial charge in [0.25, 0.3) is 0 Å². The molecule has 0 atom stereocenters. The van der Waals surface area contributed by atoms with Gasteiger partial charge in [0.05, 0.1) is 0 Å². The maximum absolute atomic E-state index is 7.12. The Morgan fingerprint density at radius 1 is 0.311 bits per heavy atom. The van der Waals surface area contributed by atoms with Gasteiger partial charge in [0, 0.05) is 21.9 Å². The number of benzene rings is 10. The summed E-state index contributed by atoms with van der Waals surface area (Å²) >= 11 is 0. The lowest BCUT2D eigenvalue weighted by Crippen LogP contribution is -2.16. The summed E-state index contributed by atoms with van der Waals surface area (Å²) in [5.74, 6) is 0. The molecule has 1 heterocycles. The van der Waals surface area contributed by atoms with E-state index in [0.29, 0.717) is 0 Å². The van der Waals surface area contributed by atoms with Crippen LogP contribution in [0, 0.1) is 0 Å². The molecule has 0 aliphatic carbocycles. The molecule has 0 bridgehead atoms. The second-order valence-electron chi connectivity index (χ2n) is 18.8. The number of hydrogen-bond acceptors (Lipinski definition) is 1. The predicted octanol–water partition coefficient (Wildman–Crippen LogP) is 17.5. The molecule has 294 valence electrons. The highest BCUT2D eigenvalue weighted by Crippen LogP contribution is 2.50. The van der Waals surface area contributed by atoms with E-state index in [-0.39, 0.29) is 10.8 Å². The zero-order chi connectivity index (χ0) is 41.6. The highest BCUT2D eigenvalue weighted by Gasteiger charge is 2.26. The maximum Gasteiger partial charge on any atom is 0.143 e. The van der Waals surface area contributed by atoms with Crippen LogP contribution in [0.15, 0.2) is 186 Å². The first-order valence-corrected chi connectivity index (χ1v) is 21.6. The molecular formula is C60H48O. The fourth-order valence-corrected chi connectivity index (χ4v) is 9.95. The Kier molecular flexibility index (Phi) is 8.38. The lowest BCUT2D eigenvalue weighted by molar-refractivity contribution is 0.569. The molecule has 61 heavy (non-hydrogen) atoms. The zero-order valence-corrected chi connectivity index (χ0v) is 35.7. The van der Waals surface area contributed by atoms with Gasteiger partial charge in [0.2, 0.25) is 0 Å². The van der Waals surface area contributed by atoms with Gasteiger partial charge < -0.3 is 4.42 Å². The minimum atomic E-state index is 0.000896. The summed E-state index contributed by atoms with van der Waals surface area (Å²) in [6, 6.07) is 67.2. The molecular weight excluding hydrogens is 737 g/mol. The summed E-state index contributed by atoms with van der Waals surface area (Å²) in [5, 5.41) is 12.1. The summed E-state index contributed by atoms with van der Waals surface area (Å²) in [6.07, 6.45) is 0. The number of fused-ring (bicyclic) bond motifs is 7. The first-order chi connectivity index (χ1) is 29.6. The van der Waals surface area contributed by atoms with E-state index in [9.17, 15) is 0 Å². The average molecular weight is 785 g/mol. The Labute approximate surface area is 357 Å². The van der Waals surface area contributed by atoms with Crippen molar-refractivity contribution in [3.63, 3.8) is 0 Å². The minimum absolute atomic E-state index is 0.000896. The Bertz CT molecular complexity index is 3390. The zero-order valence-electron chi connectivity index (χ0n) is 35.7. The highest BCUT2D eigenvalue weighted by atomic mass is 16.3. The van der Waals surface area contributed by atoms with Gasteiger partial charge in [-0.25, -0.2) is 0 Å². The summed E-state index contributed by atoms with van der Waals surface area (Å²) in [7, 11) is 0. The third-order valence-electron chi connectivity index (χ3n) is 12.9. The van der Waals surface area contributed by atoms with Gasteiger partial charge in [-0.3, -0.25) is 0 Å². The molecule has 0 fully saturated rings. The van der Waals surface area contributed by atoms with Gasteiger partial charge >= 0.3 is 0 Å². The van der Waals surface area contributed by atoms with Crippen LogP contribution in [0.5, 0.6) is 0 Å². The molecule has 11 rings (SSSR count). The smallest absolute Gasteiger partial charge is 0.143 e. The third kappa shape index (κ3) is 5.90. The van der Waals surface area contributed by atoms with Crippen molar-refractivity contribution in [1.29, 1.82) is 0 Å². The SMILES string of the molecule is CC(C)(C)c1cc(-c2c3ccccc3c(-c3cccc4oc5c(-c6c7ccccc7c(-c7ccccc7)c7ccccc67)cccc5c34)c3ccccc23)cc(C(C)(C)C)c1. The van der Waals surface area contributed by atoms with Gasteiger partial charge in [-0.2, -0.15) is 0 Å². The molecule has 0 amide bonds. The fraction of sp³-hybridized carbons (Fsp3) is 0.133. The molecule has 0 N–H and O–H groups in total.